The van der Waals surface area contributed by atoms with Crippen LogP contribution in [0, 0.1) is 11.7 Å². The van der Waals surface area contributed by atoms with E-state index in [2.05, 4.69) is 6.07 Å². The molecule has 2 aliphatic carbocycles. The van der Waals surface area contributed by atoms with Gasteiger partial charge in [0, 0.05) is 0 Å². The summed E-state index contributed by atoms with van der Waals surface area (Å²) in [5.74, 6) is 1.35. The second kappa shape index (κ2) is 12.7. The summed E-state index contributed by atoms with van der Waals surface area (Å²) < 4.78 is 14.5. The zero-order valence-corrected chi connectivity index (χ0v) is 18.2. The first kappa shape index (κ1) is 21.8. The van der Waals surface area contributed by atoms with Gasteiger partial charge in [-0.25, -0.2) is 4.39 Å². The molecule has 1 aromatic carbocycles. The molecule has 0 aromatic heterocycles. The average Bonchev–Trinajstić information content (AvgIpc) is 2.76. The molecule has 0 atom stereocenters. The summed E-state index contributed by atoms with van der Waals surface area (Å²) in [7, 11) is 0. The second-order valence-electron chi connectivity index (χ2n) is 9.76. The zero-order valence-electron chi connectivity index (χ0n) is 18.2. The lowest BCUT2D eigenvalue weighted by Gasteiger charge is -2.20. The van der Waals surface area contributed by atoms with Gasteiger partial charge < -0.3 is 0 Å². The maximum absolute atomic E-state index is 14.5. The zero-order chi connectivity index (χ0) is 19.4. The summed E-state index contributed by atoms with van der Waals surface area (Å²) in [5.41, 5.74) is 2.57. The maximum Gasteiger partial charge on any atom is 0.123 e. The van der Waals surface area contributed by atoms with Crippen LogP contribution in [0.15, 0.2) is 18.2 Å². The molecule has 2 aliphatic rings. The molecular weight excluding hydrogens is 343 g/mol. The van der Waals surface area contributed by atoms with Gasteiger partial charge in [0.25, 0.3) is 0 Å². The molecule has 0 radical (unpaired) electrons. The molecule has 2 fully saturated rings. The molecule has 3 rings (SSSR count). The van der Waals surface area contributed by atoms with Crippen molar-refractivity contribution in [3.63, 3.8) is 0 Å². The van der Waals surface area contributed by atoms with Gasteiger partial charge in [-0.05, 0) is 54.4 Å². The molecule has 0 nitrogen and oxygen atoms in total. The Labute approximate surface area is 173 Å². The number of benzene rings is 1. The van der Waals surface area contributed by atoms with Crippen molar-refractivity contribution < 1.29 is 4.39 Å². The highest BCUT2D eigenvalue weighted by molar-refractivity contribution is 5.28. The van der Waals surface area contributed by atoms with Crippen LogP contribution in [0.5, 0.6) is 0 Å². The van der Waals surface area contributed by atoms with Crippen molar-refractivity contribution in [2.45, 2.75) is 128 Å². The fourth-order valence-corrected chi connectivity index (χ4v) is 5.60. The molecule has 0 spiro atoms. The number of hydrogen-bond donors (Lipinski definition) is 0. The first-order chi connectivity index (χ1) is 13.8. The van der Waals surface area contributed by atoms with Crippen LogP contribution in [0.4, 0.5) is 4.39 Å². The van der Waals surface area contributed by atoms with Gasteiger partial charge >= 0.3 is 0 Å². The summed E-state index contributed by atoms with van der Waals surface area (Å²) in [5, 5.41) is 0. The number of rotatable bonds is 3. The van der Waals surface area contributed by atoms with E-state index in [1.165, 1.54) is 127 Å². The molecule has 2 saturated carbocycles. The quantitative estimate of drug-likeness (QED) is 0.486. The number of halogens is 1. The van der Waals surface area contributed by atoms with E-state index >= 15 is 0 Å². The van der Waals surface area contributed by atoms with Gasteiger partial charge in [0.15, 0.2) is 0 Å². The van der Waals surface area contributed by atoms with E-state index in [-0.39, 0.29) is 5.82 Å². The molecule has 0 heterocycles. The Balaban J connectivity index is 1.66. The molecule has 0 amide bonds. The van der Waals surface area contributed by atoms with E-state index in [9.17, 15) is 4.39 Å². The van der Waals surface area contributed by atoms with Gasteiger partial charge in [-0.3, -0.25) is 0 Å². The highest BCUT2D eigenvalue weighted by atomic mass is 19.1. The Bertz CT molecular complexity index is 527. The standard InChI is InChI=1S/C27H43F/c28-27-21-24(19-23-15-11-7-5-6-8-12-16-23)20-26(22-27)25-17-13-9-3-1-2-4-10-14-18-25/h20-23,25H,1-19H2. The SMILES string of the molecule is Fc1cc(CC2CCCCCCCC2)cc(C2CCCCCCCCCC2)c1. The third-order valence-corrected chi connectivity index (χ3v) is 7.31. The van der Waals surface area contributed by atoms with Crippen LogP contribution >= 0.6 is 0 Å². The lowest BCUT2D eigenvalue weighted by atomic mass is 9.85. The summed E-state index contributed by atoms with van der Waals surface area (Å²) in [4.78, 5) is 0. The Morgan fingerprint density at radius 2 is 1.04 bits per heavy atom. The second-order valence-corrected chi connectivity index (χ2v) is 9.76. The van der Waals surface area contributed by atoms with E-state index in [4.69, 9.17) is 0 Å². The minimum atomic E-state index is 0.00452. The van der Waals surface area contributed by atoms with Crippen LogP contribution in [0.1, 0.15) is 133 Å². The van der Waals surface area contributed by atoms with Crippen LogP contribution in [0.3, 0.4) is 0 Å². The summed E-state index contributed by atoms with van der Waals surface area (Å²) >= 11 is 0. The smallest absolute Gasteiger partial charge is 0.123 e. The summed E-state index contributed by atoms with van der Waals surface area (Å²) in [6.45, 7) is 0. The van der Waals surface area contributed by atoms with Gasteiger partial charge in [0.1, 0.15) is 5.82 Å². The Morgan fingerprint density at radius 1 is 0.571 bits per heavy atom. The van der Waals surface area contributed by atoms with E-state index < -0.39 is 0 Å². The van der Waals surface area contributed by atoms with Crippen molar-refractivity contribution in [2.75, 3.05) is 0 Å². The van der Waals surface area contributed by atoms with Gasteiger partial charge in [-0.1, -0.05) is 109 Å². The van der Waals surface area contributed by atoms with Crippen molar-refractivity contribution in [2.24, 2.45) is 5.92 Å². The van der Waals surface area contributed by atoms with Crippen molar-refractivity contribution in [3.05, 3.63) is 35.1 Å². The Hall–Kier alpha value is -0.850. The molecule has 0 unspecified atom stereocenters. The lowest BCUT2D eigenvalue weighted by Crippen LogP contribution is -2.07. The molecule has 0 bridgehead atoms. The fraction of sp³-hybridized carbons (Fsp3) is 0.778. The molecule has 0 aliphatic heterocycles. The highest BCUT2D eigenvalue weighted by Crippen LogP contribution is 2.32. The average molecular weight is 387 g/mol. The molecule has 0 saturated heterocycles. The minimum Gasteiger partial charge on any atom is -0.207 e. The topological polar surface area (TPSA) is 0 Å². The molecular formula is C27H43F. The highest BCUT2D eigenvalue weighted by Gasteiger charge is 2.17. The van der Waals surface area contributed by atoms with Crippen LogP contribution in [-0.4, -0.2) is 0 Å². The first-order valence-electron chi connectivity index (χ1n) is 12.6. The third kappa shape index (κ3) is 7.88. The fourth-order valence-electron chi connectivity index (χ4n) is 5.60. The maximum atomic E-state index is 14.5. The van der Waals surface area contributed by atoms with Crippen molar-refractivity contribution in [1.29, 1.82) is 0 Å². The molecule has 1 aromatic rings. The summed E-state index contributed by atoms with van der Waals surface area (Å²) in [6, 6.07) is 6.08. The molecule has 1 heteroatoms. The normalized spacial score (nSPS) is 22.6. The van der Waals surface area contributed by atoms with E-state index in [1.54, 1.807) is 0 Å². The van der Waals surface area contributed by atoms with E-state index in [0.717, 1.165) is 12.3 Å². The molecule has 158 valence electrons. The van der Waals surface area contributed by atoms with Gasteiger partial charge in [-0.2, -0.15) is 0 Å². The van der Waals surface area contributed by atoms with Gasteiger partial charge in [-0.15, -0.1) is 0 Å². The van der Waals surface area contributed by atoms with Crippen LogP contribution in [0.25, 0.3) is 0 Å². The predicted molar refractivity (Wildman–Crippen MR) is 119 cm³/mol. The largest absolute Gasteiger partial charge is 0.207 e. The first-order valence-corrected chi connectivity index (χ1v) is 12.6. The van der Waals surface area contributed by atoms with E-state index in [1.807, 2.05) is 12.1 Å². The Kier molecular flexibility index (Phi) is 9.88. The number of hydrogen-bond acceptors (Lipinski definition) is 0. The van der Waals surface area contributed by atoms with Gasteiger partial charge in [0.05, 0.1) is 0 Å². The third-order valence-electron chi connectivity index (χ3n) is 7.31. The van der Waals surface area contributed by atoms with E-state index in [0.29, 0.717) is 5.92 Å². The van der Waals surface area contributed by atoms with Crippen molar-refractivity contribution in [3.8, 4) is 0 Å². The Morgan fingerprint density at radius 3 is 1.57 bits per heavy atom. The van der Waals surface area contributed by atoms with Crippen molar-refractivity contribution in [1.82, 2.24) is 0 Å². The summed E-state index contributed by atoms with van der Waals surface area (Å²) in [6.07, 6.45) is 25.6. The van der Waals surface area contributed by atoms with Crippen LogP contribution in [-0.2, 0) is 6.42 Å². The van der Waals surface area contributed by atoms with Crippen LogP contribution < -0.4 is 0 Å². The van der Waals surface area contributed by atoms with Gasteiger partial charge in [0.2, 0.25) is 0 Å². The predicted octanol–water partition coefficient (Wildman–Crippen LogP) is 9.12. The monoisotopic (exact) mass is 386 g/mol. The minimum absolute atomic E-state index is 0.00452. The van der Waals surface area contributed by atoms with Crippen LogP contribution in [0.2, 0.25) is 0 Å². The lowest BCUT2D eigenvalue weighted by molar-refractivity contribution is 0.424. The molecule has 28 heavy (non-hydrogen) atoms. The molecule has 0 N–H and O–H groups in total. The van der Waals surface area contributed by atoms with Crippen molar-refractivity contribution >= 4 is 0 Å².